The van der Waals surface area contributed by atoms with Gasteiger partial charge in [-0.05, 0) is 55.4 Å². The van der Waals surface area contributed by atoms with Crippen LogP contribution < -0.4 is 5.32 Å². The van der Waals surface area contributed by atoms with Gasteiger partial charge in [0.2, 0.25) is 0 Å². The third-order valence-corrected chi connectivity index (χ3v) is 5.98. The topological polar surface area (TPSA) is 21.3 Å². The summed E-state index contributed by atoms with van der Waals surface area (Å²) in [7, 11) is 0. The molecular formula is C15H19BrClNOS. The van der Waals surface area contributed by atoms with Crippen molar-refractivity contribution in [2.24, 2.45) is 0 Å². The second-order valence-electron chi connectivity index (χ2n) is 5.60. The first-order valence-electron chi connectivity index (χ1n) is 7.10. The van der Waals surface area contributed by atoms with Crippen LogP contribution in [0.1, 0.15) is 25.7 Å². The second kappa shape index (κ2) is 6.47. The van der Waals surface area contributed by atoms with Crippen LogP contribution in [0.4, 0.5) is 5.69 Å². The number of hydrogen-bond acceptors (Lipinski definition) is 3. The fourth-order valence-corrected chi connectivity index (χ4v) is 5.03. The number of benzene rings is 1. The summed E-state index contributed by atoms with van der Waals surface area (Å²) in [5, 5.41) is 4.39. The second-order valence-corrected chi connectivity index (χ2v) is 8.15. The molecule has 0 radical (unpaired) electrons. The van der Waals surface area contributed by atoms with E-state index in [2.05, 4.69) is 21.2 Å². The Hall–Kier alpha value is 0.1000. The molecule has 2 aliphatic rings. The van der Waals surface area contributed by atoms with Crippen molar-refractivity contribution >= 4 is 45.0 Å². The van der Waals surface area contributed by atoms with Crippen LogP contribution in [0.25, 0.3) is 0 Å². The molecule has 3 rings (SSSR count). The lowest BCUT2D eigenvalue weighted by Crippen LogP contribution is -2.46. The monoisotopic (exact) mass is 375 g/mol. The molecule has 1 atom stereocenters. The molecule has 1 spiro atoms. The minimum Gasteiger partial charge on any atom is -0.381 e. The van der Waals surface area contributed by atoms with Crippen LogP contribution in [0.5, 0.6) is 0 Å². The van der Waals surface area contributed by atoms with Gasteiger partial charge in [-0.1, -0.05) is 27.5 Å². The highest BCUT2D eigenvalue weighted by Gasteiger charge is 2.38. The highest BCUT2D eigenvalue weighted by molar-refractivity contribution is 9.10. The summed E-state index contributed by atoms with van der Waals surface area (Å²) in [6, 6.07) is 6.48. The molecule has 0 aromatic heterocycles. The first kappa shape index (κ1) is 15.0. The fraction of sp³-hybridized carbons (Fsp3) is 0.600. The fourth-order valence-electron chi connectivity index (χ4n) is 3.07. The maximum atomic E-state index is 6.30. The van der Waals surface area contributed by atoms with Crippen molar-refractivity contribution in [3.05, 3.63) is 27.7 Å². The SMILES string of the molecule is Clc1cc(Br)ccc1NC1CCOC2(CCSCC2)C1. The zero-order chi connectivity index (χ0) is 14.0. The van der Waals surface area contributed by atoms with Crippen molar-refractivity contribution in [1.82, 2.24) is 0 Å². The van der Waals surface area contributed by atoms with E-state index < -0.39 is 0 Å². The average Bonchev–Trinajstić information content (AvgIpc) is 2.43. The molecule has 2 saturated heterocycles. The van der Waals surface area contributed by atoms with E-state index >= 15 is 0 Å². The lowest BCUT2D eigenvalue weighted by atomic mass is 9.85. The lowest BCUT2D eigenvalue weighted by Gasteiger charge is -2.43. The van der Waals surface area contributed by atoms with E-state index in [0.717, 1.165) is 34.6 Å². The van der Waals surface area contributed by atoms with Gasteiger partial charge in [-0.15, -0.1) is 0 Å². The Kier molecular flexibility index (Phi) is 4.86. The Bertz CT molecular complexity index is 473. The van der Waals surface area contributed by atoms with E-state index in [4.69, 9.17) is 16.3 Å². The molecule has 2 aliphatic heterocycles. The Morgan fingerprint density at radius 2 is 2.15 bits per heavy atom. The van der Waals surface area contributed by atoms with Gasteiger partial charge in [-0.2, -0.15) is 11.8 Å². The summed E-state index contributed by atoms with van der Waals surface area (Å²) < 4.78 is 7.14. The van der Waals surface area contributed by atoms with E-state index in [0.29, 0.717) is 6.04 Å². The van der Waals surface area contributed by atoms with Crippen LogP contribution in [0.3, 0.4) is 0 Å². The molecule has 1 aromatic carbocycles. The normalized spacial score (nSPS) is 25.6. The van der Waals surface area contributed by atoms with E-state index in [-0.39, 0.29) is 5.60 Å². The summed E-state index contributed by atoms with van der Waals surface area (Å²) in [6.45, 7) is 0.858. The largest absolute Gasteiger partial charge is 0.381 e. The molecule has 20 heavy (non-hydrogen) atoms. The predicted molar refractivity (Wildman–Crippen MR) is 91.0 cm³/mol. The van der Waals surface area contributed by atoms with E-state index in [9.17, 15) is 0 Å². The van der Waals surface area contributed by atoms with Crippen LogP contribution >= 0.6 is 39.3 Å². The van der Waals surface area contributed by atoms with Gasteiger partial charge in [0.05, 0.1) is 16.3 Å². The predicted octanol–water partition coefficient (Wildman–Crippen LogP) is 4.96. The third kappa shape index (κ3) is 3.46. The molecule has 1 aromatic rings. The molecule has 2 heterocycles. The zero-order valence-electron chi connectivity index (χ0n) is 11.3. The van der Waals surface area contributed by atoms with Crippen molar-refractivity contribution in [3.8, 4) is 0 Å². The molecule has 0 aliphatic carbocycles. The van der Waals surface area contributed by atoms with Gasteiger partial charge in [-0.25, -0.2) is 0 Å². The first-order valence-corrected chi connectivity index (χ1v) is 9.43. The minimum atomic E-state index is 0.114. The van der Waals surface area contributed by atoms with Gasteiger partial charge in [0.25, 0.3) is 0 Å². The van der Waals surface area contributed by atoms with Crippen LogP contribution in [0.15, 0.2) is 22.7 Å². The number of ether oxygens (including phenoxy) is 1. The summed E-state index contributed by atoms with van der Waals surface area (Å²) in [4.78, 5) is 0. The Balaban J connectivity index is 1.68. The molecule has 0 saturated carbocycles. The molecule has 0 amide bonds. The Labute approximate surface area is 138 Å². The number of halogens is 2. The standard InChI is InChI=1S/C15H19BrClNOS/c16-11-1-2-14(13(17)9-11)18-12-3-6-19-15(10-12)4-7-20-8-5-15/h1-2,9,12,18H,3-8,10H2. The highest BCUT2D eigenvalue weighted by atomic mass is 79.9. The number of nitrogens with one attached hydrogen (secondary N) is 1. The smallest absolute Gasteiger partial charge is 0.0717 e. The average molecular weight is 377 g/mol. The summed E-state index contributed by atoms with van der Waals surface area (Å²) in [5.74, 6) is 2.46. The number of anilines is 1. The summed E-state index contributed by atoms with van der Waals surface area (Å²) in [6.07, 6.45) is 4.52. The van der Waals surface area contributed by atoms with Gasteiger partial charge in [0, 0.05) is 17.1 Å². The van der Waals surface area contributed by atoms with Gasteiger partial charge in [0.15, 0.2) is 0 Å². The van der Waals surface area contributed by atoms with E-state index in [1.165, 1.54) is 24.3 Å². The van der Waals surface area contributed by atoms with Crippen molar-refractivity contribution in [1.29, 1.82) is 0 Å². The van der Waals surface area contributed by atoms with Crippen molar-refractivity contribution in [3.63, 3.8) is 0 Å². The van der Waals surface area contributed by atoms with Crippen LogP contribution in [-0.4, -0.2) is 29.8 Å². The molecule has 0 bridgehead atoms. The highest BCUT2D eigenvalue weighted by Crippen LogP contribution is 2.39. The van der Waals surface area contributed by atoms with Crippen molar-refractivity contribution in [2.45, 2.75) is 37.3 Å². The van der Waals surface area contributed by atoms with Gasteiger partial charge in [0.1, 0.15) is 0 Å². The summed E-state index contributed by atoms with van der Waals surface area (Å²) >= 11 is 11.8. The maximum absolute atomic E-state index is 6.30. The van der Waals surface area contributed by atoms with Crippen molar-refractivity contribution < 1.29 is 4.74 Å². The Morgan fingerprint density at radius 3 is 2.90 bits per heavy atom. The minimum absolute atomic E-state index is 0.114. The zero-order valence-corrected chi connectivity index (χ0v) is 14.5. The van der Waals surface area contributed by atoms with Crippen LogP contribution in [0.2, 0.25) is 5.02 Å². The lowest BCUT2D eigenvalue weighted by molar-refractivity contribution is -0.0865. The van der Waals surface area contributed by atoms with Gasteiger partial charge >= 0.3 is 0 Å². The quantitative estimate of drug-likeness (QED) is 0.788. The van der Waals surface area contributed by atoms with Gasteiger partial charge < -0.3 is 10.1 Å². The van der Waals surface area contributed by atoms with E-state index in [1.807, 2.05) is 30.0 Å². The van der Waals surface area contributed by atoms with Crippen LogP contribution in [0, 0.1) is 0 Å². The molecule has 5 heteroatoms. The molecule has 1 unspecified atom stereocenters. The number of thioether (sulfide) groups is 1. The first-order chi connectivity index (χ1) is 9.67. The number of rotatable bonds is 2. The maximum Gasteiger partial charge on any atom is 0.0717 e. The summed E-state index contributed by atoms with van der Waals surface area (Å²) in [5.41, 5.74) is 1.14. The molecule has 2 nitrogen and oxygen atoms in total. The van der Waals surface area contributed by atoms with Crippen LogP contribution in [-0.2, 0) is 4.74 Å². The molecule has 110 valence electrons. The van der Waals surface area contributed by atoms with Gasteiger partial charge in [-0.3, -0.25) is 0 Å². The molecular weight excluding hydrogens is 358 g/mol. The Morgan fingerprint density at radius 1 is 1.35 bits per heavy atom. The van der Waals surface area contributed by atoms with Crippen molar-refractivity contribution in [2.75, 3.05) is 23.4 Å². The van der Waals surface area contributed by atoms with E-state index in [1.54, 1.807) is 0 Å². The molecule has 1 N–H and O–H groups in total. The number of hydrogen-bond donors (Lipinski definition) is 1. The molecule has 2 fully saturated rings. The third-order valence-electron chi connectivity index (χ3n) is 4.19.